The molecule has 0 aliphatic carbocycles. The number of nitrogens with zero attached hydrogens (tertiary/aromatic N) is 1. The van der Waals surface area contributed by atoms with Crippen molar-refractivity contribution in [3.63, 3.8) is 0 Å². The minimum Gasteiger partial charge on any atom is -0.459 e. The largest absolute Gasteiger partial charge is 0.459 e. The van der Waals surface area contributed by atoms with E-state index in [2.05, 4.69) is 4.98 Å². The van der Waals surface area contributed by atoms with Gasteiger partial charge in [0.25, 0.3) is 0 Å². The van der Waals surface area contributed by atoms with E-state index < -0.39 is 0 Å². The molecule has 0 saturated carbocycles. The van der Waals surface area contributed by atoms with E-state index in [4.69, 9.17) is 15.9 Å². The Balaban J connectivity index is 1.87. The molecule has 1 unspecified atom stereocenters. The Labute approximate surface area is 111 Å². The number of nitrogen functional groups attached to an aromatic ring is 1. The van der Waals surface area contributed by atoms with Gasteiger partial charge in [0, 0.05) is 23.5 Å². The predicted molar refractivity (Wildman–Crippen MR) is 75.5 cm³/mol. The number of furan rings is 1. The van der Waals surface area contributed by atoms with Crippen molar-refractivity contribution < 1.29 is 4.42 Å². The molecule has 4 N–H and O–H groups in total. The maximum absolute atomic E-state index is 6.18. The monoisotopic (exact) mass is 253 g/mol. The number of anilines is 1. The molecule has 4 nitrogen and oxygen atoms in total. The van der Waals surface area contributed by atoms with Crippen molar-refractivity contribution in [1.82, 2.24) is 4.98 Å². The molecule has 96 valence electrons. The average Bonchev–Trinajstić information content (AvgIpc) is 2.85. The topological polar surface area (TPSA) is 78.1 Å². The maximum Gasteiger partial charge on any atom is 0.134 e. The van der Waals surface area contributed by atoms with Gasteiger partial charge in [-0.05, 0) is 30.2 Å². The zero-order valence-electron chi connectivity index (χ0n) is 10.4. The van der Waals surface area contributed by atoms with Crippen molar-refractivity contribution in [3.05, 3.63) is 60.1 Å². The van der Waals surface area contributed by atoms with Gasteiger partial charge in [-0.25, -0.2) is 0 Å². The first-order valence-corrected chi connectivity index (χ1v) is 6.16. The second kappa shape index (κ2) is 4.74. The Kier molecular flexibility index (Phi) is 2.93. The van der Waals surface area contributed by atoms with Gasteiger partial charge < -0.3 is 15.9 Å². The van der Waals surface area contributed by atoms with Gasteiger partial charge in [0.2, 0.25) is 0 Å². The summed E-state index contributed by atoms with van der Waals surface area (Å²) >= 11 is 0. The average molecular weight is 253 g/mol. The van der Waals surface area contributed by atoms with Gasteiger partial charge in [-0.3, -0.25) is 4.98 Å². The van der Waals surface area contributed by atoms with Gasteiger partial charge in [0.05, 0.1) is 6.04 Å². The van der Waals surface area contributed by atoms with Crippen LogP contribution in [-0.2, 0) is 6.42 Å². The summed E-state index contributed by atoms with van der Waals surface area (Å²) < 4.78 is 5.76. The Bertz CT molecular complexity index is 672. The van der Waals surface area contributed by atoms with E-state index in [9.17, 15) is 0 Å². The second-order valence-corrected chi connectivity index (χ2v) is 4.57. The molecule has 1 aromatic carbocycles. The third-order valence-corrected chi connectivity index (χ3v) is 3.19. The Morgan fingerprint density at radius 3 is 2.84 bits per heavy atom. The van der Waals surface area contributed by atoms with Gasteiger partial charge in [-0.1, -0.05) is 18.2 Å². The van der Waals surface area contributed by atoms with Gasteiger partial charge in [0.1, 0.15) is 11.3 Å². The Morgan fingerprint density at radius 1 is 1.21 bits per heavy atom. The molecule has 4 heteroatoms. The van der Waals surface area contributed by atoms with Crippen LogP contribution in [0.2, 0.25) is 0 Å². The summed E-state index contributed by atoms with van der Waals surface area (Å²) in [7, 11) is 0. The van der Waals surface area contributed by atoms with Crippen LogP contribution in [0.4, 0.5) is 5.69 Å². The summed E-state index contributed by atoms with van der Waals surface area (Å²) in [6, 6.07) is 11.4. The maximum atomic E-state index is 6.18. The van der Waals surface area contributed by atoms with E-state index in [1.807, 2.05) is 30.3 Å². The third kappa shape index (κ3) is 2.30. The number of fused-ring (bicyclic) bond motifs is 1. The first-order valence-electron chi connectivity index (χ1n) is 6.16. The van der Waals surface area contributed by atoms with Crippen molar-refractivity contribution >= 4 is 16.7 Å². The lowest BCUT2D eigenvalue weighted by Crippen LogP contribution is -2.13. The number of benzene rings is 1. The summed E-state index contributed by atoms with van der Waals surface area (Å²) in [5.74, 6) is 0.768. The van der Waals surface area contributed by atoms with E-state index in [1.54, 1.807) is 18.5 Å². The number of aromatic nitrogens is 1. The fraction of sp³-hybridized carbons (Fsp3) is 0.133. The lowest BCUT2D eigenvalue weighted by Gasteiger charge is -2.10. The van der Waals surface area contributed by atoms with Gasteiger partial charge in [-0.2, -0.15) is 0 Å². The highest BCUT2D eigenvalue weighted by Crippen LogP contribution is 2.25. The van der Waals surface area contributed by atoms with E-state index in [1.165, 1.54) is 0 Å². The highest BCUT2D eigenvalue weighted by Gasteiger charge is 2.14. The molecule has 0 radical (unpaired) electrons. The predicted octanol–water partition coefficient (Wildman–Crippen LogP) is 2.65. The number of hydrogen-bond donors (Lipinski definition) is 2. The lowest BCUT2D eigenvalue weighted by atomic mass is 10.0. The number of rotatable bonds is 3. The van der Waals surface area contributed by atoms with Crippen LogP contribution in [0.15, 0.2) is 53.2 Å². The summed E-state index contributed by atoms with van der Waals surface area (Å²) in [5.41, 5.74) is 14.6. The van der Waals surface area contributed by atoms with Crippen LogP contribution in [0, 0.1) is 0 Å². The van der Waals surface area contributed by atoms with Crippen LogP contribution in [0.25, 0.3) is 11.0 Å². The first-order chi connectivity index (χ1) is 9.24. The molecule has 2 heterocycles. The summed E-state index contributed by atoms with van der Waals surface area (Å²) in [5, 5.41) is 1.06. The van der Waals surface area contributed by atoms with E-state index >= 15 is 0 Å². The van der Waals surface area contributed by atoms with Crippen LogP contribution < -0.4 is 11.5 Å². The number of nitrogens with two attached hydrogens (primary N) is 2. The second-order valence-electron chi connectivity index (χ2n) is 4.57. The zero-order valence-corrected chi connectivity index (χ0v) is 10.4. The highest BCUT2D eigenvalue weighted by atomic mass is 16.3. The van der Waals surface area contributed by atoms with E-state index in [0.29, 0.717) is 12.1 Å². The smallest absolute Gasteiger partial charge is 0.134 e. The van der Waals surface area contributed by atoms with Crippen molar-refractivity contribution in [2.75, 3.05) is 5.73 Å². The summed E-state index contributed by atoms with van der Waals surface area (Å²) in [4.78, 5) is 4.07. The Hall–Kier alpha value is -2.33. The summed E-state index contributed by atoms with van der Waals surface area (Å²) in [6.45, 7) is 0. The molecule has 19 heavy (non-hydrogen) atoms. The Morgan fingerprint density at radius 2 is 2.05 bits per heavy atom. The van der Waals surface area contributed by atoms with E-state index in [0.717, 1.165) is 22.3 Å². The molecular weight excluding hydrogens is 238 g/mol. The van der Waals surface area contributed by atoms with Crippen LogP contribution in [0.5, 0.6) is 0 Å². The van der Waals surface area contributed by atoms with Crippen LogP contribution >= 0.6 is 0 Å². The third-order valence-electron chi connectivity index (χ3n) is 3.19. The standard InChI is InChI=1S/C15H15N3O/c16-12-5-6-18-9-11(12)7-13(17)15-8-10-3-1-2-4-14(10)19-15/h1-6,8-9,13H,7,17H2,(H2,16,18). The molecule has 0 spiro atoms. The fourth-order valence-corrected chi connectivity index (χ4v) is 2.13. The van der Waals surface area contributed by atoms with Gasteiger partial charge in [0.15, 0.2) is 0 Å². The molecule has 0 saturated heterocycles. The number of pyridine rings is 1. The van der Waals surface area contributed by atoms with E-state index in [-0.39, 0.29) is 6.04 Å². The fourth-order valence-electron chi connectivity index (χ4n) is 2.13. The molecule has 0 bridgehead atoms. The molecule has 0 fully saturated rings. The lowest BCUT2D eigenvalue weighted by molar-refractivity contribution is 0.494. The van der Waals surface area contributed by atoms with Gasteiger partial charge >= 0.3 is 0 Å². The molecule has 1 atom stereocenters. The van der Waals surface area contributed by atoms with Crippen molar-refractivity contribution in [3.8, 4) is 0 Å². The van der Waals surface area contributed by atoms with Crippen LogP contribution in [0.1, 0.15) is 17.4 Å². The number of hydrogen-bond acceptors (Lipinski definition) is 4. The quantitative estimate of drug-likeness (QED) is 0.752. The summed E-state index contributed by atoms with van der Waals surface area (Å²) in [6.07, 6.45) is 4.03. The molecule has 3 rings (SSSR count). The van der Waals surface area contributed by atoms with Crippen LogP contribution in [0.3, 0.4) is 0 Å². The van der Waals surface area contributed by atoms with Gasteiger partial charge in [-0.15, -0.1) is 0 Å². The number of para-hydroxylation sites is 1. The molecule has 0 aliphatic rings. The minimum absolute atomic E-state index is 0.223. The first kappa shape index (κ1) is 11.7. The molecular formula is C15H15N3O. The molecule has 3 aromatic rings. The molecule has 0 amide bonds. The van der Waals surface area contributed by atoms with Crippen molar-refractivity contribution in [2.45, 2.75) is 12.5 Å². The van der Waals surface area contributed by atoms with Crippen molar-refractivity contribution in [1.29, 1.82) is 0 Å². The molecule has 2 aromatic heterocycles. The van der Waals surface area contributed by atoms with Crippen molar-refractivity contribution in [2.24, 2.45) is 5.73 Å². The normalized spacial score (nSPS) is 12.7. The zero-order chi connectivity index (χ0) is 13.2. The highest BCUT2D eigenvalue weighted by molar-refractivity contribution is 5.77. The SMILES string of the molecule is Nc1ccncc1CC(N)c1cc2ccccc2o1. The minimum atomic E-state index is -0.223. The molecule has 0 aliphatic heterocycles. The van der Waals surface area contributed by atoms with Crippen LogP contribution in [-0.4, -0.2) is 4.98 Å².